The molecular weight excluding hydrogens is 204 g/mol. The Kier molecular flexibility index (Phi) is 3.78. The van der Waals surface area contributed by atoms with Gasteiger partial charge in [0.25, 0.3) is 0 Å². The van der Waals surface area contributed by atoms with E-state index in [-0.39, 0.29) is 0 Å². The fraction of sp³-hybridized carbons (Fsp3) is 0.667. The summed E-state index contributed by atoms with van der Waals surface area (Å²) in [6, 6.07) is 3.58. The molecule has 2 unspecified atom stereocenters. The summed E-state index contributed by atoms with van der Waals surface area (Å²) in [7, 11) is 0. The summed E-state index contributed by atoms with van der Waals surface area (Å²) in [5.74, 6) is 0. The zero-order valence-corrected chi connectivity index (χ0v) is 10.4. The zero-order valence-electron chi connectivity index (χ0n) is 9.57. The smallest absolute Gasteiger partial charge is 0.0246 e. The summed E-state index contributed by atoms with van der Waals surface area (Å²) >= 11 is 1.79. The normalized spacial score (nSPS) is 28.1. The Morgan fingerprint density at radius 3 is 3.13 bits per heavy atom. The molecule has 0 saturated carbocycles. The van der Waals surface area contributed by atoms with Gasteiger partial charge in [-0.3, -0.25) is 4.90 Å². The predicted molar refractivity (Wildman–Crippen MR) is 66.3 cm³/mol. The molecule has 1 aliphatic heterocycles. The lowest BCUT2D eigenvalue weighted by Gasteiger charge is -2.38. The SMILES string of the molecule is CCC1CN(Cc2ccsc2)C(C)CN1. The van der Waals surface area contributed by atoms with Crippen LogP contribution in [0.3, 0.4) is 0 Å². The van der Waals surface area contributed by atoms with Crippen molar-refractivity contribution < 1.29 is 0 Å². The summed E-state index contributed by atoms with van der Waals surface area (Å²) in [5, 5.41) is 8.01. The van der Waals surface area contributed by atoms with Gasteiger partial charge in [-0.05, 0) is 35.7 Å². The van der Waals surface area contributed by atoms with E-state index in [9.17, 15) is 0 Å². The van der Waals surface area contributed by atoms with Gasteiger partial charge < -0.3 is 5.32 Å². The molecule has 1 aromatic heterocycles. The Morgan fingerprint density at radius 1 is 1.60 bits per heavy atom. The first-order chi connectivity index (χ1) is 7.29. The molecule has 1 saturated heterocycles. The van der Waals surface area contributed by atoms with E-state index in [2.05, 4.69) is 40.9 Å². The van der Waals surface area contributed by atoms with Crippen LogP contribution in [0.1, 0.15) is 25.8 Å². The lowest BCUT2D eigenvalue weighted by molar-refractivity contribution is 0.132. The van der Waals surface area contributed by atoms with Gasteiger partial charge in [-0.15, -0.1) is 0 Å². The van der Waals surface area contributed by atoms with Crippen LogP contribution < -0.4 is 5.32 Å². The number of nitrogens with one attached hydrogen (secondary N) is 1. The maximum Gasteiger partial charge on any atom is 0.0246 e. The fourth-order valence-corrected chi connectivity index (χ4v) is 2.76. The van der Waals surface area contributed by atoms with Crippen LogP contribution >= 0.6 is 11.3 Å². The van der Waals surface area contributed by atoms with E-state index in [1.165, 1.54) is 18.5 Å². The lowest BCUT2D eigenvalue weighted by atomic mass is 10.1. The molecule has 0 aromatic carbocycles. The van der Waals surface area contributed by atoms with Crippen LogP contribution in [-0.2, 0) is 6.54 Å². The second kappa shape index (κ2) is 5.10. The van der Waals surface area contributed by atoms with Crippen LogP contribution in [-0.4, -0.2) is 30.1 Å². The number of nitrogens with zero attached hydrogens (tertiary/aromatic N) is 1. The molecule has 3 heteroatoms. The standard InChI is InChI=1S/C12H20N2S/c1-3-12-8-14(10(2)6-13-12)7-11-4-5-15-9-11/h4-5,9-10,12-13H,3,6-8H2,1-2H3. The Bertz CT molecular complexity index is 284. The molecule has 15 heavy (non-hydrogen) atoms. The molecule has 2 atom stereocenters. The van der Waals surface area contributed by atoms with Crippen molar-refractivity contribution in [2.24, 2.45) is 0 Å². The van der Waals surface area contributed by atoms with Crippen molar-refractivity contribution in [2.75, 3.05) is 13.1 Å². The highest BCUT2D eigenvalue weighted by atomic mass is 32.1. The maximum atomic E-state index is 3.59. The largest absolute Gasteiger partial charge is 0.311 e. The Balaban J connectivity index is 1.94. The average molecular weight is 224 g/mol. The average Bonchev–Trinajstić information content (AvgIpc) is 2.74. The highest BCUT2D eigenvalue weighted by Gasteiger charge is 2.23. The Morgan fingerprint density at radius 2 is 2.47 bits per heavy atom. The summed E-state index contributed by atoms with van der Waals surface area (Å²) in [4.78, 5) is 2.59. The molecule has 2 nitrogen and oxygen atoms in total. The van der Waals surface area contributed by atoms with Gasteiger partial charge in [-0.1, -0.05) is 6.92 Å². The number of hydrogen-bond donors (Lipinski definition) is 1. The van der Waals surface area contributed by atoms with Gasteiger partial charge in [0.1, 0.15) is 0 Å². The highest BCUT2D eigenvalue weighted by Crippen LogP contribution is 2.15. The predicted octanol–water partition coefficient (Wildman–Crippen LogP) is 2.32. The van der Waals surface area contributed by atoms with Crippen LogP contribution in [0, 0.1) is 0 Å². The van der Waals surface area contributed by atoms with Crippen molar-refractivity contribution in [3.05, 3.63) is 22.4 Å². The lowest BCUT2D eigenvalue weighted by Crippen LogP contribution is -2.54. The number of piperazine rings is 1. The van der Waals surface area contributed by atoms with Gasteiger partial charge in [0.05, 0.1) is 0 Å². The minimum Gasteiger partial charge on any atom is -0.311 e. The summed E-state index contributed by atoms with van der Waals surface area (Å²) in [5.41, 5.74) is 1.46. The summed E-state index contributed by atoms with van der Waals surface area (Å²) < 4.78 is 0. The molecule has 1 aliphatic rings. The van der Waals surface area contributed by atoms with Crippen molar-refractivity contribution in [2.45, 2.75) is 38.9 Å². The van der Waals surface area contributed by atoms with Crippen molar-refractivity contribution in [1.82, 2.24) is 10.2 Å². The number of thiophene rings is 1. The van der Waals surface area contributed by atoms with Crippen LogP contribution in [0.2, 0.25) is 0 Å². The maximum absolute atomic E-state index is 3.59. The van der Waals surface area contributed by atoms with E-state index < -0.39 is 0 Å². The minimum atomic E-state index is 0.660. The van der Waals surface area contributed by atoms with E-state index in [1.807, 2.05) is 0 Å². The van der Waals surface area contributed by atoms with Gasteiger partial charge in [0.2, 0.25) is 0 Å². The molecule has 1 fully saturated rings. The van der Waals surface area contributed by atoms with Crippen molar-refractivity contribution >= 4 is 11.3 Å². The van der Waals surface area contributed by atoms with Crippen molar-refractivity contribution in [1.29, 1.82) is 0 Å². The quantitative estimate of drug-likeness (QED) is 0.847. The summed E-state index contributed by atoms with van der Waals surface area (Å²) in [6.45, 7) is 8.00. The first kappa shape index (κ1) is 11.1. The monoisotopic (exact) mass is 224 g/mol. The van der Waals surface area contributed by atoms with E-state index in [0.29, 0.717) is 12.1 Å². The Labute approximate surface area is 96.3 Å². The number of hydrogen-bond acceptors (Lipinski definition) is 3. The first-order valence-corrected chi connectivity index (χ1v) is 6.72. The van der Waals surface area contributed by atoms with Crippen LogP contribution in [0.15, 0.2) is 16.8 Å². The second-order valence-corrected chi connectivity index (χ2v) is 5.20. The van der Waals surface area contributed by atoms with Crippen LogP contribution in [0.4, 0.5) is 0 Å². The minimum absolute atomic E-state index is 0.660. The van der Waals surface area contributed by atoms with Crippen LogP contribution in [0.5, 0.6) is 0 Å². The van der Waals surface area contributed by atoms with Gasteiger partial charge in [-0.25, -0.2) is 0 Å². The molecule has 0 radical (unpaired) electrons. The number of rotatable bonds is 3. The molecule has 0 spiro atoms. The third-order valence-corrected chi connectivity index (χ3v) is 3.97. The van der Waals surface area contributed by atoms with Crippen LogP contribution in [0.25, 0.3) is 0 Å². The van der Waals surface area contributed by atoms with Crippen molar-refractivity contribution in [3.8, 4) is 0 Å². The molecule has 2 rings (SSSR count). The third-order valence-electron chi connectivity index (χ3n) is 3.24. The van der Waals surface area contributed by atoms with E-state index in [1.54, 1.807) is 11.3 Å². The van der Waals surface area contributed by atoms with E-state index in [0.717, 1.165) is 13.1 Å². The first-order valence-electron chi connectivity index (χ1n) is 5.78. The Hall–Kier alpha value is -0.380. The molecular formula is C12H20N2S. The van der Waals surface area contributed by atoms with Gasteiger partial charge in [0, 0.05) is 31.7 Å². The van der Waals surface area contributed by atoms with E-state index >= 15 is 0 Å². The molecule has 84 valence electrons. The summed E-state index contributed by atoms with van der Waals surface area (Å²) in [6.07, 6.45) is 1.23. The van der Waals surface area contributed by atoms with Crippen molar-refractivity contribution in [3.63, 3.8) is 0 Å². The molecule has 1 N–H and O–H groups in total. The molecule has 0 aliphatic carbocycles. The topological polar surface area (TPSA) is 15.3 Å². The zero-order chi connectivity index (χ0) is 10.7. The fourth-order valence-electron chi connectivity index (χ4n) is 2.10. The highest BCUT2D eigenvalue weighted by molar-refractivity contribution is 7.07. The second-order valence-electron chi connectivity index (χ2n) is 4.42. The van der Waals surface area contributed by atoms with Gasteiger partial charge in [-0.2, -0.15) is 11.3 Å². The molecule has 1 aromatic rings. The van der Waals surface area contributed by atoms with E-state index in [4.69, 9.17) is 0 Å². The van der Waals surface area contributed by atoms with Gasteiger partial charge in [0.15, 0.2) is 0 Å². The third kappa shape index (κ3) is 2.80. The molecule has 2 heterocycles. The molecule has 0 amide bonds. The molecule has 0 bridgehead atoms. The van der Waals surface area contributed by atoms with Gasteiger partial charge >= 0.3 is 0 Å².